The molecule has 0 amide bonds. The Kier molecular flexibility index (Phi) is 4.75. The van der Waals surface area contributed by atoms with Gasteiger partial charge in [0.25, 0.3) is 5.56 Å². The van der Waals surface area contributed by atoms with E-state index in [0.29, 0.717) is 22.3 Å². The van der Waals surface area contributed by atoms with E-state index in [-0.39, 0.29) is 23.7 Å². The number of aliphatic hydroxyl groups is 1. The van der Waals surface area contributed by atoms with Gasteiger partial charge in [0.05, 0.1) is 18.8 Å². The minimum absolute atomic E-state index is 0.185. The molecule has 2 aromatic heterocycles. The molecule has 0 aliphatic heterocycles. The summed E-state index contributed by atoms with van der Waals surface area (Å²) in [5, 5.41) is 14.7. The molecule has 142 valence electrons. The molecular weight excluding hydrogens is 381 g/mol. The molecule has 0 fully saturated rings. The van der Waals surface area contributed by atoms with Crippen molar-refractivity contribution < 1.29 is 9.50 Å². The summed E-state index contributed by atoms with van der Waals surface area (Å²) in [6.07, 6.45) is 3.26. The molecule has 5 nitrogen and oxygen atoms in total. The number of benzene rings is 2. The fraction of sp³-hybridized carbons (Fsp3) is 0.143. The van der Waals surface area contributed by atoms with E-state index in [1.165, 1.54) is 21.2 Å². The van der Waals surface area contributed by atoms with Crippen molar-refractivity contribution in [2.24, 2.45) is 0 Å². The average Bonchev–Trinajstić information content (AvgIpc) is 3.06. The molecule has 0 atom stereocenters. The van der Waals surface area contributed by atoms with Gasteiger partial charge in [-0.1, -0.05) is 47.5 Å². The van der Waals surface area contributed by atoms with Gasteiger partial charge in [0.1, 0.15) is 11.3 Å². The maximum Gasteiger partial charge on any atom is 0.277 e. The van der Waals surface area contributed by atoms with Crippen molar-refractivity contribution in [1.82, 2.24) is 14.2 Å². The van der Waals surface area contributed by atoms with Gasteiger partial charge >= 0.3 is 0 Å². The van der Waals surface area contributed by atoms with Crippen molar-refractivity contribution in [3.8, 4) is 11.3 Å². The molecule has 7 heteroatoms. The van der Waals surface area contributed by atoms with E-state index in [2.05, 4.69) is 5.10 Å². The van der Waals surface area contributed by atoms with Crippen LogP contribution in [0.25, 0.3) is 16.8 Å². The summed E-state index contributed by atoms with van der Waals surface area (Å²) >= 11 is 6.09. The highest BCUT2D eigenvalue weighted by Crippen LogP contribution is 2.25. The largest absolute Gasteiger partial charge is 0.392 e. The summed E-state index contributed by atoms with van der Waals surface area (Å²) < 4.78 is 16.2. The van der Waals surface area contributed by atoms with Gasteiger partial charge in [-0.3, -0.25) is 4.79 Å². The van der Waals surface area contributed by atoms with Crippen LogP contribution in [0.2, 0.25) is 5.02 Å². The van der Waals surface area contributed by atoms with Gasteiger partial charge in [0, 0.05) is 28.5 Å². The van der Waals surface area contributed by atoms with Crippen LogP contribution in [-0.2, 0) is 13.2 Å². The van der Waals surface area contributed by atoms with Gasteiger partial charge in [-0.05, 0) is 24.6 Å². The molecule has 0 saturated heterocycles. The number of aliphatic hydroxyl groups excluding tert-OH is 1. The molecule has 4 aromatic rings. The zero-order valence-electron chi connectivity index (χ0n) is 15.1. The van der Waals surface area contributed by atoms with E-state index in [4.69, 9.17) is 11.6 Å². The smallest absolute Gasteiger partial charge is 0.277 e. The van der Waals surface area contributed by atoms with E-state index in [1.807, 2.05) is 31.2 Å². The molecule has 0 unspecified atom stereocenters. The van der Waals surface area contributed by atoms with Crippen molar-refractivity contribution in [2.75, 3.05) is 0 Å². The van der Waals surface area contributed by atoms with E-state index in [9.17, 15) is 14.3 Å². The average molecular weight is 398 g/mol. The van der Waals surface area contributed by atoms with Crippen LogP contribution in [0.3, 0.4) is 0 Å². The van der Waals surface area contributed by atoms with Crippen molar-refractivity contribution >= 4 is 17.1 Å². The van der Waals surface area contributed by atoms with Crippen molar-refractivity contribution in [3.63, 3.8) is 0 Å². The van der Waals surface area contributed by atoms with E-state index >= 15 is 0 Å². The van der Waals surface area contributed by atoms with Gasteiger partial charge in [-0.15, -0.1) is 0 Å². The standard InChI is InChI=1S/C21H17ClFN3O2/c1-13-2-4-14(5-3-13)19-17(12-27)20-21(28)25(8-9-26(20)24-19)11-15-6-7-16(23)10-18(15)22/h2-10,27H,11-12H2,1H3. The van der Waals surface area contributed by atoms with Gasteiger partial charge in [0.15, 0.2) is 0 Å². The minimum atomic E-state index is -0.433. The monoisotopic (exact) mass is 397 g/mol. The number of nitrogens with zero attached hydrogens (tertiary/aromatic N) is 3. The zero-order valence-corrected chi connectivity index (χ0v) is 15.8. The molecule has 2 aromatic carbocycles. The number of rotatable bonds is 4. The lowest BCUT2D eigenvalue weighted by atomic mass is 10.1. The molecule has 4 rings (SSSR count). The molecule has 0 spiro atoms. The van der Waals surface area contributed by atoms with Gasteiger partial charge < -0.3 is 9.67 Å². The van der Waals surface area contributed by atoms with Gasteiger partial charge in [-0.2, -0.15) is 5.10 Å². The minimum Gasteiger partial charge on any atom is -0.392 e. The summed E-state index contributed by atoms with van der Waals surface area (Å²) in [6, 6.07) is 11.8. The number of hydrogen-bond acceptors (Lipinski definition) is 3. The Morgan fingerprint density at radius 2 is 1.89 bits per heavy atom. The Balaban J connectivity index is 1.84. The second-order valence-corrected chi connectivity index (χ2v) is 7.02. The molecular formula is C21H17ClFN3O2. The van der Waals surface area contributed by atoms with Crippen LogP contribution in [0, 0.1) is 12.7 Å². The number of aromatic nitrogens is 3. The third-order valence-electron chi connectivity index (χ3n) is 4.70. The summed E-state index contributed by atoms with van der Waals surface area (Å²) in [6.45, 7) is 1.85. The van der Waals surface area contributed by atoms with E-state index < -0.39 is 5.82 Å². The van der Waals surface area contributed by atoms with Crippen LogP contribution in [0.4, 0.5) is 4.39 Å². The summed E-state index contributed by atoms with van der Waals surface area (Å²) in [5.74, 6) is -0.433. The first kappa shape index (κ1) is 18.4. The Hall–Kier alpha value is -2.96. The van der Waals surface area contributed by atoms with Crippen LogP contribution in [-0.4, -0.2) is 19.3 Å². The highest BCUT2D eigenvalue weighted by atomic mass is 35.5. The van der Waals surface area contributed by atoms with Crippen LogP contribution < -0.4 is 5.56 Å². The number of fused-ring (bicyclic) bond motifs is 1. The molecule has 0 bridgehead atoms. The first-order valence-electron chi connectivity index (χ1n) is 8.70. The first-order chi connectivity index (χ1) is 13.5. The molecule has 0 saturated carbocycles. The highest BCUT2D eigenvalue weighted by Gasteiger charge is 2.18. The number of halogens is 2. The zero-order chi connectivity index (χ0) is 19.8. The molecule has 2 heterocycles. The van der Waals surface area contributed by atoms with Crippen LogP contribution in [0.1, 0.15) is 16.7 Å². The van der Waals surface area contributed by atoms with Crippen LogP contribution in [0.15, 0.2) is 59.7 Å². The van der Waals surface area contributed by atoms with Gasteiger partial charge in [-0.25, -0.2) is 8.91 Å². The quantitative estimate of drug-likeness (QED) is 0.569. The summed E-state index contributed by atoms with van der Waals surface area (Å²) in [5.41, 5.74) is 3.59. The van der Waals surface area contributed by atoms with Crippen molar-refractivity contribution in [1.29, 1.82) is 0 Å². The summed E-state index contributed by atoms with van der Waals surface area (Å²) in [7, 11) is 0. The highest BCUT2D eigenvalue weighted by molar-refractivity contribution is 6.31. The fourth-order valence-corrected chi connectivity index (χ4v) is 3.43. The topological polar surface area (TPSA) is 59.5 Å². The predicted octanol–water partition coefficient (Wildman–Crippen LogP) is 3.80. The Labute approximate surface area is 165 Å². The molecule has 0 radical (unpaired) electrons. The maximum absolute atomic E-state index is 13.3. The Morgan fingerprint density at radius 1 is 1.14 bits per heavy atom. The normalized spacial score (nSPS) is 11.3. The second-order valence-electron chi connectivity index (χ2n) is 6.61. The van der Waals surface area contributed by atoms with Crippen LogP contribution in [0.5, 0.6) is 0 Å². The molecule has 0 aliphatic rings. The second kappa shape index (κ2) is 7.22. The van der Waals surface area contributed by atoms with Crippen LogP contribution >= 0.6 is 11.6 Å². The molecule has 28 heavy (non-hydrogen) atoms. The van der Waals surface area contributed by atoms with Gasteiger partial charge in [0.2, 0.25) is 0 Å². The predicted molar refractivity (Wildman–Crippen MR) is 106 cm³/mol. The maximum atomic E-state index is 13.3. The van der Waals surface area contributed by atoms with E-state index in [0.717, 1.165) is 11.1 Å². The lowest BCUT2D eigenvalue weighted by Crippen LogP contribution is -2.22. The van der Waals surface area contributed by atoms with E-state index in [1.54, 1.807) is 18.5 Å². The lowest BCUT2D eigenvalue weighted by Gasteiger charge is -2.08. The number of hydrogen-bond donors (Lipinski definition) is 1. The first-order valence-corrected chi connectivity index (χ1v) is 9.08. The Morgan fingerprint density at radius 3 is 2.57 bits per heavy atom. The number of aryl methyl sites for hydroxylation is 1. The SMILES string of the molecule is Cc1ccc(-c2nn3ccn(Cc4ccc(F)cc4Cl)c(=O)c3c2CO)cc1. The van der Waals surface area contributed by atoms with Crippen molar-refractivity contribution in [3.05, 3.63) is 92.7 Å². The summed E-state index contributed by atoms with van der Waals surface area (Å²) in [4.78, 5) is 13.1. The van der Waals surface area contributed by atoms with Crippen molar-refractivity contribution in [2.45, 2.75) is 20.1 Å². The third kappa shape index (κ3) is 3.21. The fourth-order valence-electron chi connectivity index (χ4n) is 3.20. The molecule has 1 N–H and O–H groups in total. The lowest BCUT2D eigenvalue weighted by molar-refractivity contribution is 0.283. The Bertz CT molecular complexity index is 1230. The molecule has 0 aliphatic carbocycles. The third-order valence-corrected chi connectivity index (χ3v) is 5.05.